The van der Waals surface area contributed by atoms with E-state index in [9.17, 15) is 4.79 Å². The second-order valence-electron chi connectivity index (χ2n) is 1.75. The summed E-state index contributed by atoms with van der Waals surface area (Å²) in [5.41, 5.74) is 0.598. The molecule has 1 aromatic heterocycles. The minimum atomic E-state index is 0.114. The molecular formula is C6H5ClN2O2. The maximum atomic E-state index is 9.78. The summed E-state index contributed by atoms with van der Waals surface area (Å²) >= 11 is 5.61. The van der Waals surface area contributed by atoms with Gasteiger partial charge in [-0.15, -0.1) is 0 Å². The molecule has 1 heterocycles. The molecule has 5 heteroatoms. The Hall–Kier alpha value is -1.16. The third-order valence-electron chi connectivity index (χ3n) is 1.04. The highest BCUT2D eigenvalue weighted by Crippen LogP contribution is 2.10. The van der Waals surface area contributed by atoms with Crippen molar-refractivity contribution in [1.82, 2.24) is 9.97 Å². The Morgan fingerprint density at radius 2 is 2.55 bits per heavy atom. The summed E-state index contributed by atoms with van der Waals surface area (Å²) in [5.74, 6) is 0. The summed E-state index contributed by atoms with van der Waals surface area (Å²) in [7, 11) is 0. The van der Waals surface area contributed by atoms with Crippen molar-refractivity contribution in [3.63, 3.8) is 0 Å². The zero-order chi connectivity index (χ0) is 8.10. The highest BCUT2D eigenvalue weighted by molar-refractivity contribution is 6.30. The van der Waals surface area contributed by atoms with Crippen molar-refractivity contribution in [3.05, 3.63) is 23.2 Å². The quantitative estimate of drug-likeness (QED) is 0.500. The lowest BCUT2D eigenvalue weighted by molar-refractivity contribution is -0.129. The largest absolute Gasteiger partial charge is 0.463 e. The number of carbonyl (C=O) groups excluding carboxylic acids is 1. The summed E-state index contributed by atoms with van der Waals surface area (Å²) in [5, 5.41) is 0.307. The summed E-state index contributed by atoms with van der Waals surface area (Å²) in [4.78, 5) is 17.2. The zero-order valence-corrected chi connectivity index (χ0v) is 6.28. The SMILES string of the molecule is O=COCc1cncnc1Cl. The second-order valence-corrected chi connectivity index (χ2v) is 2.10. The molecule has 11 heavy (non-hydrogen) atoms. The van der Waals surface area contributed by atoms with Crippen LogP contribution < -0.4 is 0 Å². The monoisotopic (exact) mass is 172 g/mol. The lowest BCUT2D eigenvalue weighted by atomic mass is 10.4. The van der Waals surface area contributed by atoms with Crippen LogP contribution in [-0.2, 0) is 16.1 Å². The zero-order valence-electron chi connectivity index (χ0n) is 5.53. The molecule has 0 aromatic carbocycles. The maximum Gasteiger partial charge on any atom is 0.293 e. The molecule has 1 aromatic rings. The van der Waals surface area contributed by atoms with E-state index >= 15 is 0 Å². The standard InChI is InChI=1S/C6H5ClN2O2/c7-6-5(2-11-4-10)1-8-3-9-6/h1,3-4H,2H2. The fourth-order valence-corrected chi connectivity index (χ4v) is 0.711. The predicted octanol–water partition coefficient (Wildman–Crippen LogP) is 0.803. The van der Waals surface area contributed by atoms with E-state index in [2.05, 4.69) is 14.7 Å². The van der Waals surface area contributed by atoms with Crippen molar-refractivity contribution in [2.24, 2.45) is 0 Å². The third kappa shape index (κ3) is 2.16. The molecule has 0 spiro atoms. The molecule has 0 radical (unpaired) electrons. The van der Waals surface area contributed by atoms with Crippen molar-refractivity contribution in [2.75, 3.05) is 0 Å². The van der Waals surface area contributed by atoms with Gasteiger partial charge in [0.2, 0.25) is 0 Å². The van der Waals surface area contributed by atoms with Crippen LogP contribution in [0.15, 0.2) is 12.5 Å². The summed E-state index contributed by atoms with van der Waals surface area (Å²) < 4.78 is 4.46. The van der Waals surface area contributed by atoms with Gasteiger partial charge < -0.3 is 4.74 Å². The van der Waals surface area contributed by atoms with Crippen LogP contribution >= 0.6 is 11.6 Å². The van der Waals surface area contributed by atoms with Gasteiger partial charge in [-0.25, -0.2) is 9.97 Å². The molecule has 0 aliphatic rings. The Bertz CT molecular complexity index is 254. The van der Waals surface area contributed by atoms with Gasteiger partial charge in [-0.05, 0) is 0 Å². The number of aromatic nitrogens is 2. The smallest absolute Gasteiger partial charge is 0.293 e. The van der Waals surface area contributed by atoms with Gasteiger partial charge in [0.1, 0.15) is 18.1 Å². The van der Waals surface area contributed by atoms with Crippen LogP contribution in [0.2, 0.25) is 5.15 Å². The molecule has 0 fully saturated rings. The van der Waals surface area contributed by atoms with Gasteiger partial charge in [0.05, 0.1) is 0 Å². The Kier molecular flexibility index (Phi) is 2.80. The first-order chi connectivity index (χ1) is 5.34. The van der Waals surface area contributed by atoms with Gasteiger partial charge in [0.15, 0.2) is 0 Å². The minimum absolute atomic E-state index is 0.114. The van der Waals surface area contributed by atoms with E-state index in [1.807, 2.05) is 0 Å². The number of halogens is 1. The average molecular weight is 173 g/mol. The Balaban J connectivity index is 2.69. The Labute approximate surface area is 68.2 Å². The fraction of sp³-hybridized carbons (Fsp3) is 0.167. The highest BCUT2D eigenvalue weighted by atomic mass is 35.5. The summed E-state index contributed by atoms with van der Waals surface area (Å²) in [6.45, 7) is 0.465. The number of hydrogen-bond acceptors (Lipinski definition) is 4. The topological polar surface area (TPSA) is 52.1 Å². The first kappa shape index (κ1) is 7.94. The Morgan fingerprint density at radius 1 is 1.73 bits per heavy atom. The molecule has 0 aliphatic carbocycles. The molecular weight excluding hydrogens is 168 g/mol. The number of nitrogens with zero attached hydrogens (tertiary/aromatic N) is 2. The number of rotatable bonds is 3. The van der Waals surface area contributed by atoms with E-state index in [4.69, 9.17) is 11.6 Å². The van der Waals surface area contributed by atoms with E-state index in [-0.39, 0.29) is 6.61 Å². The van der Waals surface area contributed by atoms with Gasteiger partial charge in [-0.1, -0.05) is 11.6 Å². The number of carbonyl (C=O) groups is 1. The first-order valence-corrected chi connectivity index (χ1v) is 3.22. The van der Waals surface area contributed by atoms with Crippen molar-refractivity contribution in [1.29, 1.82) is 0 Å². The van der Waals surface area contributed by atoms with Gasteiger partial charge in [-0.3, -0.25) is 4.79 Å². The van der Waals surface area contributed by atoms with Crippen LogP contribution in [0.25, 0.3) is 0 Å². The summed E-state index contributed by atoms with van der Waals surface area (Å²) in [6, 6.07) is 0. The predicted molar refractivity (Wildman–Crippen MR) is 37.9 cm³/mol. The van der Waals surface area contributed by atoms with Crippen molar-refractivity contribution in [2.45, 2.75) is 6.61 Å². The van der Waals surface area contributed by atoms with E-state index < -0.39 is 0 Å². The van der Waals surface area contributed by atoms with Crippen molar-refractivity contribution < 1.29 is 9.53 Å². The molecule has 0 bridgehead atoms. The molecule has 4 nitrogen and oxygen atoms in total. The highest BCUT2D eigenvalue weighted by Gasteiger charge is 1.99. The lowest BCUT2D eigenvalue weighted by Gasteiger charge is -1.98. The third-order valence-corrected chi connectivity index (χ3v) is 1.38. The van der Waals surface area contributed by atoms with Crippen molar-refractivity contribution in [3.8, 4) is 0 Å². The van der Waals surface area contributed by atoms with E-state index in [0.717, 1.165) is 0 Å². The number of ether oxygens (including phenoxy) is 1. The average Bonchev–Trinajstić information content (AvgIpc) is 2.03. The maximum absolute atomic E-state index is 9.78. The number of hydrogen-bond donors (Lipinski definition) is 0. The minimum Gasteiger partial charge on any atom is -0.463 e. The molecule has 0 saturated heterocycles. The van der Waals surface area contributed by atoms with Crippen molar-refractivity contribution >= 4 is 18.1 Å². The van der Waals surface area contributed by atoms with Gasteiger partial charge in [0, 0.05) is 11.8 Å². The van der Waals surface area contributed by atoms with Gasteiger partial charge in [-0.2, -0.15) is 0 Å². The Morgan fingerprint density at radius 3 is 3.18 bits per heavy atom. The molecule has 58 valence electrons. The normalized spacial score (nSPS) is 9.18. The van der Waals surface area contributed by atoms with Crippen LogP contribution in [0.5, 0.6) is 0 Å². The molecule has 0 atom stereocenters. The summed E-state index contributed by atoms with van der Waals surface area (Å²) in [6.07, 6.45) is 2.82. The van der Waals surface area contributed by atoms with Crippen LogP contribution in [0.4, 0.5) is 0 Å². The molecule has 0 aliphatic heterocycles. The van der Waals surface area contributed by atoms with E-state index in [1.165, 1.54) is 12.5 Å². The van der Waals surface area contributed by atoms with Crippen LogP contribution in [0.3, 0.4) is 0 Å². The van der Waals surface area contributed by atoms with Crippen LogP contribution in [0, 0.1) is 0 Å². The fourth-order valence-electron chi connectivity index (χ4n) is 0.564. The molecule has 0 unspecified atom stereocenters. The molecule has 1 rings (SSSR count). The van der Waals surface area contributed by atoms with Gasteiger partial charge >= 0.3 is 0 Å². The first-order valence-electron chi connectivity index (χ1n) is 2.84. The van der Waals surface area contributed by atoms with Crippen LogP contribution in [-0.4, -0.2) is 16.4 Å². The van der Waals surface area contributed by atoms with Gasteiger partial charge in [0.25, 0.3) is 6.47 Å². The van der Waals surface area contributed by atoms with E-state index in [1.54, 1.807) is 0 Å². The molecule has 0 saturated carbocycles. The second kappa shape index (κ2) is 3.88. The molecule has 0 amide bonds. The van der Waals surface area contributed by atoms with Crippen LogP contribution in [0.1, 0.15) is 5.56 Å². The van der Waals surface area contributed by atoms with E-state index in [0.29, 0.717) is 17.2 Å². The lowest BCUT2D eigenvalue weighted by Crippen LogP contribution is -1.93. The molecule has 0 N–H and O–H groups in total.